The molecule has 0 aromatic carbocycles. The average Bonchev–Trinajstić information content (AvgIpc) is 2.50. The summed E-state index contributed by atoms with van der Waals surface area (Å²) < 4.78 is 39.9. The molecule has 1 aromatic heterocycles. The van der Waals surface area contributed by atoms with E-state index in [1.165, 1.54) is 18.4 Å². The quantitative estimate of drug-likeness (QED) is 0.802. The monoisotopic (exact) mass is 194 g/mol. The molecule has 1 atom stereocenters. The van der Waals surface area contributed by atoms with Gasteiger partial charge in [-0.25, -0.2) is 0 Å². The molecule has 1 rings (SSSR count). The smallest absolute Gasteiger partial charge is 0.389 e. The molecule has 0 bridgehead atoms. The van der Waals surface area contributed by atoms with Crippen LogP contribution >= 0.6 is 0 Å². The van der Waals surface area contributed by atoms with Crippen LogP contribution in [0.5, 0.6) is 0 Å². The van der Waals surface area contributed by atoms with Gasteiger partial charge in [-0.15, -0.1) is 0 Å². The van der Waals surface area contributed by atoms with E-state index in [1.807, 2.05) is 0 Å². The predicted molar refractivity (Wildman–Crippen MR) is 39.0 cm³/mol. The van der Waals surface area contributed by atoms with Gasteiger partial charge in [0.1, 0.15) is 11.9 Å². The Bertz CT molecular complexity index is 240. The van der Waals surface area contributed by atoms with Gasteiger partial charge in [-0.2, -0.15) is 13.2 Å². The molecule has 0 saturated heterocycles. The fraction of sp³-hybridized carbons (Fsp3) is 0.500. The highest BCUT2D eigenvalue weighted by molar-refractivity contribution is 5.01. The van der Waals surface area contributed by atoms with Crippen LogP contribution in [0.1, 0.15) is 24.7 Å². The summed E-state index contributed by atoms with van der Waals surface area (Å²) in [5, 5.41) is 9.18. The molecule has 0 aliphatic carbocycles. The van der Waals surface area contributed by atoms with E-state index in [0.29, 0.717) is 0 Å². The lowest BCUT2D eigenvalue weighted by molar-refractivity contribution is -0.140. The van der Waals surface area contributed by atoms with Crippen LogP contribution in [-0.2, 0) is 0 Å². The normalized spacial score (nSPS) is 14.5. The molecule has 0 fully saturated rings. The van der Waals surface area contributed by atoms with E-state index in [2.05, 4.69) is 0 Å². The van der Waals surface area contributed by atoms with E-state index in [9.17, 15) is 18.3 Å². The lowest BCUT2D eigenvalue weighted by Crippen LogP contribution is -2.09. The lowest BCUT2D eigenvalue weighted by Gasteiger charge is -2.09. The van der Waals surface area contributed by atoms with Crippen molar-refractivity contribution in [1.29, 1.82) is 0 Å². The molecule has 1 aromatic rings. The van der Waals surface area contributed by atoms with Crippen molar-refractivity contribution >= 4 is 0 Å². The largest absolute Gasteiger partial charge is 0.467 e. The SMILES string of the molecule is OC(CCC(F)(F)F)c1ccco1. The van der Waals surface area contributed by atoms with Gasteiger partial charge < -0.3 is 9.52 Å². The molecule has 74 valence electrons. The van der Waals surface area contributed by atoms with Crippen LogP contribution in [0, 0.1) is 0 Å². The van der Waals surface area contributed by atoms with Crippen LogP contribution < -0.4 is 0 Å². The van der Waals surface area contributed by atoms with Gasteiger partial charge in [0, 0.05) is 6.42 Å². The second-order valence-electron chi connectivity index (χ2n) is 2.69. The number of hydrogen-bond acceptors (Lipinski definition) is 2. The molecule has 0 aliphatic heterocycles. The standard InChI is InChI=1S/C8H9F3O2/c9-8(10,11)4-3-6(12)7-2-1-5-13-7/h1-2,5-6,12H,3-4H2. The highest BCUT2D eigenvalue weighted by atomic mass is 19.4. The van der Waals surface area contributed by atoms with E-state index < -0.39 is 18.7 Å². The maximum absolute atomic E-state index is 11.7. The molecule has 5 heteroatoms. The van der Waals surface area contributed by atoms with Crippen molar-refractivity contribution in [2.75, 3.05) is 0 Å². The predicted octanol–water partition coefficient (Wildman–Crippen LogP) is 2.66. The van der Waals surface area contributed by atoms with Crippen molar-refractivity contribution in [2.24, 2.45) is 0 Å². The lowest BCUT2D eigenvalue weighted by atomic mass is 10.1. The maximum atomic E-state index is 11.7. The molecule has 1 N–H and O–H groups in total. The Morgan fingerprint density at radius 2 is 2.15 bits per heavy atom. The van der Waals surface area contributed by atoms with Crippen LogP contribution in [0.2, 0.25) is 0 Å². The van der Waals surface area contributed by atoms with Gasteiger partial charge in [-0.1, -0.05) is 0 Å². The molecular weight excluding hydrogens is 185 g/mol. The summed E-state index contributed by atoms with van der Waals surface area (Å²) >= 11 is 0. The zero-order chi connectivity index (χ0) is 9.90. The number of aliphatic hydroxyl groups excluding tert-OH is 1. The van der Waals surface area contributed by atoms with E-state index in [4.69, 9.17) is 4.42 Å². The van der Waals surface area contributed by atoms with E-state index in [-0.39, 0.29) is 12.2 Å². The Kier molecular flexibility index (Phi) is 2.98. The molecule has 0 aliphatic rings. The van der Waals surface area contributed by atoms with Crippen molar-refractivity contribution in [2.45, 2.75) is 25.1 Å². The highest BCUT2D eigenvalue weighted by Gasteiger charge is 2.28. The number of aliphatic hydroxyl groups is 1. The molecule has 0 amide bonds. The second kappa shape index (κ2) is 3.83. The highest BCUT2D eigenvalue weighted by Crippen LogP contribution is 2.27. The van der Waals surface area contributed by atoms with Gasteiger partial charge in [0.15, 0.2) is 0 Å². The Hall–Kier alpha value is -0.970. The molecule has 0 saturated carbocycles. The molecule has 1 unspecified atom stereocenters. The number of rotatable bonds is 3. The summed E-state index contributed by atoms with van der Waals surface area (Å²) in [6, 6.07) is 2.97. The summed E-state index contributed by atoms with van der Waals surface area (Å²) in [7, 11) is 0. The van der Waals surface area contributed by atoms with E-state index in [1.54, 1.807) is 0 Å². The number of furan rings is 1. The first kappa shape index (κ1) is 10.1. The Morgan fingerprint density at radius 3 is 2.62 bits per heavy atom. The van der Waals surface area contributed by atoms with Crippen LogP contribution in [0.25, 0.3) is 0 Å². The first-order valence-corrected chi connectivity index (χ1v) is 3.77. The van der Waals surface area contributed by atoms with E-state index in [0.717, 1.165) is 0 Å². The van der Waals surface area contributed by atoms with E-state index >= 15 is 0 Å². The summed E-state index contributed by atoms with van der Waals surface area (Å²) in [4.78, 5) is 0. The summed E-state index contributed by atoms with van der Waals surface area (Å²) in [5.74, 6) is 0.171. The van der Waals surface area contributed by atoms with Crippen LogP contribution in [0.15, 0.2) is 22.8 Å². The second-order valence-corrected chi connectivity index (χ2v) is 2.69. The van der Waals surface area contributed by atoms with Crippen molar-refractivity contribution in [3.05, 3.63) is 24.2 Å². The third kappa shape index (κ3) is 3.50. The van der Waals surface area contributed by atoms with Crippen LogP contribution in [-0.4, -0.2) is 11.3 Å². The molecule has 2 nitrogen and oxygen atoms in total. The van der Waals surface area contributed by atoms with Gasteiger partial charge in [-0.05, 0) is 18.6 Å². The number of halogens is 3. The van der Waals surface area contributed by atoms with Gasteiger partial charge in [0.25, 0.3) is 0 Å². The Labute approximate surface area is 73.0 Å². The van der Waals surface area contributed by atoms with Crippen molar-refractivity contribution in [3.63, 3.8) is 0 Å². The fourth-order valence-corrected chi connectivity index (χ4v) is 0.924. The third-order valence-electron chi connectivity index (χ3n) is 1.57. The van der Waals surface area contributed by atoms with Crippen molar-refractivity contribution < 1.29 is 22.7 Å². The average molecular weight is 194 g/mol. The van der Waals surface area contributed by atoms with Crippen molar-refractivity contribution in [3.8, 4) is 0 Å². The Balaban J connectivity index is 2.39. The fourth-order valence-electron chi connectivity index (χ4n) is 0.924. The molecule has 1 heterocycles. The van der Waals surface area contributed by atoms with Gasteiger partial charge in [0.05, 0.1) is 6.26 Å². The van der Waals surface area contributed by atoms with Gasteiger partial charge in [0.2, 0.25) is 0 Å². The maximum Gasteiger partial charge on any atom is 0.389 e. The zero-order valence-corrected chi connectivity index (χ0v) is 6.71. The van der Waals surface area contributed by atoms with Gasteiger partial charge in [-0.3, -0.25) is 0 Å². The molecule has 0 spiro atoms. The third-order valence-corrected chi connectivity index (χ3v) is 1.57. The number of alkyl halides is 3. The first-order chi connectivity index (χ1) is 5.99. The first-order valence-electron chi connectivity index (χ1n) is 3.77. The van der Waals surface area contributed by atoms with Gasteiger partial charge >= 0.3 is 6.18 Å². The minimum atomic E-state index is -4.23. The molecular formula is C8H9F3O2. The zero-order valence-electron chi connectivity index (χ0n) is 6.71. The topological polar surface area (TPSA) is 33.4 Å². The van der Waals surface area contributed by atoms with Crippen LogP contribution in [0.3, 0.4) is 0 Å². The minimum absolute atomic E-state index is 0.171. The van der Waals surface area contributed by atoms with Crippen LogP contribution in [0.4, 0.5) is 13.2 Å². The van der Waals surface area contributed by atoms with Crippen molar-refractivity contribution in [1.82, 2.24) is 0 Å². The minimum Gasteiger partial charge on any atom is -0.467 e. The molecule has 13 heavy (non-hydrogen) atoms. The summed E-state index contributed by atoms with van der Waals surface area (Å²) in [5.41, 5.74) is 0. The summed E-state index contributed by atoms with van der Waals surface area (Å²) in [6.07, 6.45) is -5.46. The number of hydrogen-bond donors (Lipinski definition) is 1. The molecule has 0 radical (unpaired) electrons. The summed E-state index contributed by atoms with van der Waals surface area (Å²) in [6.45, 7) is 0. The Morgan fingerprint density at radius 1 is 1.46 bits per heavy atom.